The van der Waals surface area contributed by atoms with Crippen molar-refractivity contribution in [2.24, 2.45) is 11.8 Å². The van der Waals surface area contributed by atoms with E-state index in [-0.39, 0.29) is 17.7 Å². The first-order valence-electron chi connectivity index (χ1n) is 6.69. The molecule has 1 atom stereocenters. The molecule has 0 bridgehead atoms. The van der Waals surface area contributed by atoms with Gasteiger partial charge in [0.15, 0.2) is 0 Å². The molecule has 0 aromatic heterocycles. The van der Waals surface area contributed by atoms with Crippen LogP contribution < -0.4 is 0 Å². The van der Waals surface area contributed by atoms with Gasteiger partial charge in [-0.25, -0.2) is 0 Å². The van der Waals surface area contributed by atoms with Gasteiger partial charge < -0.3 is 9.47 Å². The molecule has 0 radical (unpaired) electrons. The molecule has 1 aliphatic heterocycles. The molecule has 0 aromatic rings. The van der Waals surface area contributed by atoms with Crippen LogP contribution in [-0.2, 0) is 19.1 Å². The van der Waals surface area contributed by atoms with Crippen molar-refractivity contribution in [1.29, 1.82) is 0 Å². The molecule has 1 fully saturated rings. The fraction of sp³-hybridized carbons (Fsp3) is 0.857. The number of hydrogen-bond donors (Lipinski definition) is 0. The fourth-order valence-corrected chi connectivity index (χ4v) is 2.12. The molecule has 4 heteroatoms. The first-order valence-corrected chi connectivity index (χ1v) is 6.69. The van der Waals surface area contributed by atoms with E-state index in [0.29, 0.717) is 19.6 Å². The van der Waals surface area contributed by atoms with Crippen LogP contribution in [0, 0.1) is 11.8 Å². The maximum Gasteiger partial charge on any atom is 0.316 e. The van der Waals surface area contributed by atoms with E-state index in [9.17, 15) is 9.59 Å². The number of carbonyl (C=O) groups is 2. The van der Waals surface area contributed by atoms with Gasteiger partial charge in [0, 0.05) is 19.1 Å². The quantitative estimate of drug-likeness (QED) is 0.572. The third-order valence-electron chi connectivity index (χ3n) is 3.07. The van der Waals surface area contributed by atoms with Gasteiger partial charge in [-0.15, -0.1) is 0 Å². The highest BCUT2D eigenvalue weighted by molar-refractivity contribution is 6.00. The third-order valence-corrected chi connectivity index (χ3v) is 3.07. The van der Waals surface area contributed by atoms with Crippen molar-refractivity contribution < 1.29 is 19.1 Å². The lowest BCUT2D eigenvalue weighted by Crippen LogP contribution is -2.37. The highest BCUT2D eigenvalue weighted by Crippen LogP contribution is 2.23. The highest BCUT2D eigenvalue weighted by atomic mass is 16.6. The predicted octanol–water partition coefficient (Wildman–Crippen LogP) is 2.35. The van der Waals surface area contributed by atoms with Gasteiger partial charge in [-0.3, -0.25) is 9.59 Å². The number of Topliss-reactive ketones (excluding diaryl/α,β-unsaturated/α-hetero) is 1. The maximum atomic E-state index is 12.3. The monoisotopic (exact) mass is 256 g/mol. The van der Waals surface area contributed by atoms with Gasteiger partial charge in [0.1, 0.15) is 17.3 Å². The van der Waals surface area contributed by atoms with Crippen molar-refractivity contribution in [3.8, 4) is 0 Å². The molecule has 0 aromatic carbocycles. The van der Waals surface area contributed by atoms with Gasteiger partial charge in [-0.05, 0) is 40.0 Å². The molecule has 1 saturated heterocycles. The van der Waals surface area contributed by atoms with Crippen LogP contribution in [-0.4, -0.2) is 30.6 Å². The standard InChI is InChI=1S/C14H24O4/c1-5-11(13(16)18-14(2,3)4)12(15)10-6-8-17-9-7-10/h10-11H,5-9H2,1-4H3. The normalized spacial score (nSPS) is 19.3. The average molecular weight is 256 g/mol. The van der Waals surface area contributed by atoms with Crippen molar-refractivity contribution in [2.45, 2.75) is 52.6 Å². The fourth-order valence-electron chi connectivity index (χ4n) is 2.12. The molecular formula is C14H24O4. The molecule has 1 aliphatic rings. The van der Waals surface area contributed by atoms with E-state index in [0.717, 1.165) is 12.8 Å². The molecule has 104 valence electrons. The van der Waals surface area contributed by atoms with Crippen LogP contribution in [0.5, 0.6) is 0 Å². The van der Waals surface area contributed by atoms with Gasteiger partial charge in [-0.2, -0.15) is 0 Å². The van der Waals surface area contributed by atoms with E-state index in [2.05, 4.69) is 0 Å². The summed E-state index contributed by atoms with van der Waals surface area (Å²) >= 11 is 0. The summed E-state index contributed by atoms with van der Waals surface area (Å²) in [5.41, 5.74) is -0.541. The van der Waals surface area contributed by atoms with Crippen molar-refractivity contribution in [3.63, 3.8) is 0 Å². The Morgan fingerprint density at radius 2 is 1.83 bits per heavy atom. The molecule has 0 aliphatic carbocycles. The largest absolute Gasteiger partial charge is 0.459 e. The molecule has 1 rings (SSSR count). The smallest absolute Gasteiger partial charge is 0.316 e. The molecule has 1 unspecified atom stereocenters. The van der Waals surface area contributed by atoms with Crippen LogP contribution in [0.25, 0.3) is 0 Å². The van der Waals surface area contributed by atoms with E-state index in [1.54, 1.807) is 0 Å². The van der Waals surface area contributed by atoms with Gasteiger partial charge in [0.25, 0.3) is 0 Å². The van der Waals surface area contributed by atoms with Crippen molar-refractivity contribution in [1.82, 2.24) is 0 Å². The first kappa shape index (κ1) is 15.2. The van der Waals surface area contributed by atoms with Crippen LogP contribution in [0.1, 0.15) is 47.0 Å². The third kappa shape index (κ3) is 4.41. The lowest BCUT2D eigenvalue weighted by molar-refractivity contribution is -0.163. The Kier molecular flexibility index (Phi) is 5.32. The predicted molar refractivity (Wildman–Crippen MR) is 68.2 cm³/mol. The minimum Gasteiger partial charge on any atom is -0.459 e. The number of rotatable bonds is 4. The number of ether oxygens (including phenoxy) is 2. The highest BCUT2D eigenvalue weighted by Gasteiger charge is 2.34. The van der Waals surface area contributed by atoms with Crippen LogP contribution >= 0.6 is 0 Å². The molecule has 0 saturated carbocycles. The molecular weight excluding hydrogens is 232 g/mol. The molecule has 0 N–H and O–H groups in total. The first-order chi connectivity index (χ1) is 8.35. The van der Waals surface area contributed by atoms with Crippen molar-refractivity contribution in [3.05, 3.63) is 0 Å². The van der Waals surface area contributed by atoms with E-state index in [4.69, 9.17) is 9.47 Å². The van der Waals surface area contributed by atoms with Gasteiger partial charge in [-0.1, -0.05) is 6.92 Å². The summed E-state index contributed by atoms with van der Waals surface area (Å²) in [6.07, 6.45) is 1.95. The van der Waals surface area contributed by atoms with E-state index >= 15 is 0 Å². The van der Waals surface area contributed by atoms with E-state index in [1.165, 1.54) is 0 Å². The van der Waals surface area contributed by atoms with Crippen LogP contribution in [0.3, 0.4) is 0 Å². The summed E-state index contributed by atoms with van der Waals surface area (Å²) < 4.78 is 10.5. The Labute approximate surface area is 109 Å². The zero-order valence-electron chi connectivity index (χ0n) is 11.8. The average Bonchev–Trinajstić information content (AvgIpc) is 2.28. The number of carbonyl (C=O) groups excluding carboxylic acids is 2. The van der Waals surface area contributed by atoms with Crippen LogP contribution in [0.15, 0.2) is 0 Å². The zero-order chi connectivity index (χ0) is 13.8. The van der Waals surface area contributed by atoms with Gasteiger partial charge >= 0.3 is 5.97 Å². The number of ketones is 1. The lowest BCUT2D eigenvalue weighted by Gasteiger charge is -2.26. The molecule has 0 spiro atoms. The molecule has 4 nitrogen and oxygen atoms in total. The molecule has 18 heavy (non-hydrogen) atoms. The van der Waals surface area contributed by atoms with Gasteiger partial charge in [0.2, 0.25) is 0 Å². The maximum absolute atomic E-state index is 12.3. The molecule has 0 amide bonds. The number of hydrogen-bond acceptors (Lipinski definition) is 4. The van der Waals surface area contributed by atoms with Crippen molar-refractivity contribution in [2.75, 3.05) is 13.2 Å². The Hall–Kier alpha value is -0.900. The Balaban J connectivity index is 2.64. The van der Waals surface area contributed by atoms with Crippen LogP contribution in [0.2, 0.25) is 0 Å². The summed E-state index contributed by atoms with van der Waals surface area (Å²) in [6, 6.07) is 0. The summed E-state index contributed by atoms with van der Waals surface area (Å²) in [5, 5.41) is 0. The Morgan fingerprint density at radius 1 is 1.28 bits per heavy atom. The summed E-state index contributed by atoms with van der Waals surface area (Å²) in [7, 11) is 0. The van der Waals surface area contributed by atoms with Crippen LogP contribution in [0.4, 0.5) is 0 Å². The van der Waals surface area contributed by atoms with Crippen molar-refractivity contribution >= 4 is 11.8 Å². The number of esters is 1. The van der Waals surface area contributed by atoms with Gasteiger partial charge in [0.05, 0.1) is 0 Å². The second-order valence-electron chi connectivity index (χ2n) is 5.78. The minimum absolute atomic E-state index is 0.0232. The SMILES string of the molecule is CCC(C(=O)OC(C)(C)C)C(=O)C1CCOCC1. The minimum atomic E-state index is -0.618. The zero-order valence-corrected chi connectivity index (χ0v) is 11.8. The second-order valence-corrected chi connectivity index (χ2v) is 5.78. The second kappa shape index (κ2) is 6.32. The molecule has 1 heterocycles. The van der Waals surface area contributed by atoms with E-state index < -0.39 is 11.5 Å². The Morgan fingerprint density at radius 3 is 2.28 bits per heavy atom. The summed E-state index contributed by atoms with van der Waals surface area (Å²) in [5.74, 6) is -1.03. The Bertz CT molecular complexity index is 297. The van der Waals surface area contributed by atoms with E-state index in [1.807, 2.05) is 27.7 Å². The lowest BCUT2D eigenvalue weighted by atomic mass is 9.86. The summed E-state index contributed by atoms with van der Waals surface area (Å²) in [6.45, 7) is 8.53. The summed E-state index contributed by atoms with van der Waals surface area (Å²) in [4.78, 5) is 24.3. The topological polar surface area (TPSA) is 52.6 Å².